The van der Waals surface area contributed by atoms with E-state index in [1.807, 2.05) is 0 Å². The van der Waals surface area contributed by atoms with E-state index < -0.39 is 22.8 Å². The van der Waals surface area contributed by atoms with Gasteiger partial charge in [0.15, 0.2) is 0 Å². The van der Waals surface area contributed by atoms with Crippen LogP contribution in [0.1, 0.15) is 40.7 Å². The Labute approximate surface area is 139 Å². The average Bonchev–Trinajstić information content (AvgIpc) is 3.05. The van der Waals surface area contributed by atoms with Gasteiger partial charge in [0.1, 0.15) is 6.04 Å². The zero-order chi connectivity index (χ0) is 17.6. The third-order valence-corrected chi connectivity index (χ3v) is 5.37. The van der Waals surface area contributed by atoms with E-state index in [-0.39, 0.29) is 23.1 Å². The van der Waals surface area contributed by atoms with Crippen molar-refractivity contribution >= 4 is 17.6 Å². The number of amides is 1. The van der Waals surface area contributed by atoms with Crippen molar-refractivity contribution in [3.63, 3.8) is 0 Å². The molecule has 3 atom stereocenters. The summed E-state index contributed by atoms with van der Waals surface area (Å²) in [7, 11) is 0. The van der Waals surface area contributed by atoms with E-state index in [0.717, 1.165) is 19.3 Å². The molecule has 3 rings (SSSR count). The second-order valence-corrected chi connectivity index (χ2v) is 6.81. The maximum Gasteiger partial charge on any atom is 0.326 e. The van der Waals surface area contributed by atoms with Crippen molar-refractivity contribution in [1.82, 2.24) is 4.90 Å². The molecule has 7 heteroatoms. The number of carboxylic acids is 1. The SMILES string of the molecule is Cc1cc(C)c([N+](=O)[O-])cc1C(=O)N1CC2CCCC2C1C(=O)O. The first kappa shape index (κ1) is 16.4. The van der Waals surface area contributed by atoms with Crippen molar-refractivity contribution in [2.75, 3.05) is 6.54 Å². The highest BCUT2D eigenvalue weighted by atomic mass is 16.6. The minimum atomic E-state index is -0.989. The van der Waals surface area contributed by atoms with Crippen molar-refractivity contribution in [1.29, 1.82) is 0 Å². The van der Waals surface area contributed by atoms with E-state index in [0.29, 0.717) is 17.7 Å². The van der Waals surface area contributed by atoms with E-state index in [2.05, 4.69) is 0 Å². The lowest BCUT2D eigenvalue weighted by atomic mass is 9.94. The summed E-state index contributed by atoms with van der Waals surface area (Å²) in [5.41, 5.74) is 1.22. The number of likely N-dealkylation sites (tertiary alicyclic amines) is 1. The maximum atomic E-state index is 12.9. The van der Waals surface area contributed by atoms with E-state index >= 15 is 0 Å². The van der Waals surface area contributed by atoms with Gasteiger partial charge in [0.2, 0.25) is 0 Å². The van der Waals surface area contributed by atoms with Crippen molar-refractivity contribution in [2.45, 2.75) is 39.2 Å². The van der Waals surface area contributed by atoms with Crippen LogP contribution in [-0.4, -0.2) is 39.4 Å². The molecule has 1 amide bonds. The molecule has 0 radical (unpaired) electrons. The number of carbonyl (C=O) groups excluding carboxylic acids is 1. The Morgan fingerprint density at radius 1 is 1.25 bits per heavy atom. The number of aryl methyl sites for hydroxylation is 2. The molecule has 3 unspecified atom stereocenters. The Kier molecular flexibility index (Phi) is 4.03. The van der Waals surface area contributed by atoms with E-state index in [9.17, 15) is 24.8 Å². The van der Waals surface area contributed by atoms with Gasteiger partial charge >= 0.3 is 5.97 Å². The molecule has 24 heavy (non-hydrogen) atoms. The Morgan fingerprint density at radius 3 is 2.58 bits per heavy atom. The van der Waals surface area contributed by atoms with Crippen LogP contribution < -0.4 is 0 Å². The van der Waals surface area contributed by atoms with Gasteiger partial charge in [-0.15, -0.1) is 0 Å². The summed E-state index contributed by atoms with van der Waals surface area (Å²) in [6.45, 7) is 3.76. The smallest absolute Gasteiger partial charge is 0.326 e. The lowest BCUT2D eigenvalue weighted by Crippen LogP contribution is -2.43. The van der Waals surface area contributed by atoms with Gasteiger partial charge in [-0.2, -0.15) is 0 Å². The molecule has 1 saturated heterocycles. The van der Waals surface area contributed by atoms with E-state index in [1.165, 1.54) is 11.0 Å². The summed E-state index contributed by atoms with van der Waals surface area (Å²) < 4.78 is 0. The number of hydrogen-bond donors (Lipinski definition) is 1. The second kappa shape index (κ2) is 5.89. The van der Waals surface area contributed by atoms with Crippen LogP contribution in [0.5, 0.6) is 0 Å². The number of aliphatic carboxylic acids is 1. The predicted molar refractivity (Wildman–Crippen MR) is 85.9 cm³/mol. The lowest BCUT2D eigenvalue weighted by Gasteiger charge is -2.25. The molecule has 0 bridgehead atoms. The Morgan fingerprint density at radius 2 is 1.96 bits per heavy atom. The lowest BCUT2D eigenvalue weighted by molar-refractivity contribution is -0.385. The molecule has 1 aromatic rings. The van der Waals surface area contributed by atoms with Gasteiger partial charge in [-0.1, -0.05) is 6.42 Å². The highest BCUT2D eigenvalue weighted by molar-refractivity contribution is 5.99. The molecule has 1 aliphatic carbocycles. The number of carboxylic acid groups (broad SMARTS) is 1. The van der Waals surface area contributed by atoms with Crippen LogP contribution in [-0.2, 0) is 4.79 Å². The monoisotopic (exact) mass is 332 g/mol. The average molecular weight is 332 g/mol. The summed E-state index contributed by atoms with van der Waals surface area (Å²) in [6.07, 6.45) is 2.75. The van der Waals surface area contributed by atoms with Gasteiger partial charge in [0.05, 0.1) is 4.92 Å². The molecule has 7 nitrogen and oxygen atoms in total. The van der Waals surface area contributed by atoms with E-state index in [1.54, 1.807) is 19.9 Å². The summed E-state index contributed by atoms with van der Waals surface area (Å²) in [5, 5.41) is 20.7. The fourth-order valence-corrected chi connectivity index (χ4v) is 4.25. The number of rotatable bonds is 3. The normalized spacial score (nSPS) is 25.6. The number of nitro groups is 1. The Bertz CT molecular complexity index is 730. The van der Waals surface area contributed by atoms with E-state index in [4.69, 9.17) is 0 Å². The van der Waals surface area contributed by atoms with Crippen LogP contribution in [0, 0.1) is 35.8 Å². The van der Waals surface area contributed by atoms with Crippen LogP contribution in [0.4, 0.5) is 5.69 Å². The second-order valence-electron chi connectivity index (χ2n) is 6.81. The van der Waals surface area contributed by atoms with Crippen LogP contribution in [0.25, 0.3) is 0 Å². The van der Waals surface area contributed by atoms with Crippen molar-refractivity contribution < 1.29 is 19.6 Å². The maximum absolute atomic E-state index is 12.9. The summed E-state index contributed by atoms with van der Waals surface area (Å²) in [4.78, 5) is 36.7. The van der Waals surface area contributed by atoms with Crippen LogP contribution in [0.2, 0.25) is 0 Å². The first-order valence-corrected chi connectivity index (χ1v) is 8.10. The first-order valence-electron chi connectivity index (χ1n) is 8.10. The highest BCUT2D eigenvalue weighted by Crippen LogP contribution is 2.43. The molecule has 1 aromatic carbocycles. The molecule has 2 fully saturated rings. The largest absolute Gasteiger partial charge is 0.480 e. The van der Waals surface area contributed by atoms with Gasteiger partial charge in [-0.25, -0.2) is 4.79 Å². The molecular weight excluding hydrogens is 312 g/mol. The van der Waals surface area contributed by atoms with Gasteiger partial charge in [0, 0.05) is 23.7 Å². The molecule has 0 spiro atoms. The fourth-order valence-electron chi connectivity index (χ4n) is 4.25. The van der Waals surface area contributed by atoms with Gasteiger partial charge < -0.3 is 10.0 Å². The third kappa shape index (κ3) is 2.53. The van der Waals surface area contributed by atoms with Crippen molar-refractivity contribution in [2.24, 2.45) is 11.8 Å². The zero-order valence-electron chi connectivity index (χ0n) is 13.7. The Hall–Kier alpha value is -2.44. The molecule has 1 aliphatic heterocycles. The van der Waals surface area contributed by atoms with Gasteiger partial charge in [-0.3, -0.25) is 14.9 Å². The zero-order valence-corrected chi connectivity index (χ0v) is 13.7. The van der Waals surface area contributed by atoms with Crippen LogP contribution in [0.3, 0.4) is 0 Å². The minimum Gasteiger partial charge on any atom is -0.480 e. The third-order valence-electron chi connectivity index (χ3n) is 5.37. The standard InChI is InChI=1S/C17H20N2O5/c1-9-6-10(2)14(19(23)24)7-13(9)16(20)18-8-11-4-3-5-12(11)15(18)17(21)22/h6-7,11-12,15H,3-5,8H2,1-2H3,(H,21,22). The quantitative estimate of drug-likeness (QED) is 0.677. The summed E-state index contributed by atoms with van der Waals surface area (Å²) >= 11 is 0. The minimum absolute atomic E-state index is 0.00723. The number of nitro benzene ring substituents is 1. The number of benzene rings is 1. The predicted octanol–water partition coefficient (Wildman–Crippen LogP) is 2.54. The Balaban J connectivity index is 1.98. The first-order chi connectivity index (χ1) is 11.3. The van der Waals surface area contributed by atoms with Crippen LogP contribution in [0.15, 0.2) is 12.1 Å². The fraction of sp³-hybridized carbons (Fsp3) is 0.529. The van der Waals surface area contributed by atoms with Crippen LogP contribution >= 0.6 is 0 Å². The van der Waals surface area contributed by atoms with Crippen molar-refractivity contribution in [3.8, 4) is 0 Å². The summed E-state index contributed by atoms with van der Waals surface area (Å²) in [6, 6.07) is 2.06. The molecule has 1 heterocycles. The topological polar surface area (TPSA) is 101 Å². The molecule has 0 aromatic heterocycles. The molecule has 2 aliphatic rings. The number of nitrogens with zero attached hydrogens (tertiary/aromatic N) is 2. The number of carbonyl (C=O) groups is 2. The molecule has 128 valence electrons. The molecular formula is C17H20N2O5. The molecule has 1 saturated carbocycles. The van der Waals surface area contributed by atoms with Gasteiger partial charge in [0.25, 0.3) is 11.6 Å². The molecule has 1 N–H and O–H groups in total. The summed E-state index contributed by atoms with van der Waals surface area (Å²) in [5.74, 6) is -1.20. The number of hydrogen-bond acceptors (Lipinski definition) is 4. The number of fused-ring (bicyclic) bond motifs is 1. The van der Waals surface area contributed by atoms with Gasteiger partial charge in [-0.05, 0) is 50.2 Å². The highest BCUT2D eigenvalue weighted by Gasteiger charge is 2.49. The van der Waals surface area contributed by atoms with Crippen molar-refractivity contribution in [3.05, 3.63) is 38.9 Å².